The zero-order valence-corrected chi connectivity index (χ0v) is 14.3. The number of carbonyl (C=O) groups is 2. The Labute approximate surface area is 150 Å². The molecule has 1 aliphatic rings. The van der Waals surface area contributed by atoms with Crippen LogP contribution in [0, 0.1) is 6.92 Å². The highest BCUT2D eigenvalue weighted by molar-refractivity contribution is 6.08. The zero-order chi connectivity index (χ0) is 18.1. The van der Waals surface area contributed by atoms with Crippen LogP contribution in [-0.4, -0.2) is 34.4 Å². The van der Waals surface area contributed by atoms with Crippen molar-refractivity contribution in [2.24, 2.45) is 0 Å². The lowest BCUT2D eigenvalue weighted by molar-refractivity contribution is -0.118. The van der Waals surface area contributed by atoms with Crippen LogP contribution in [0.25, 0.3) is 10.9 Å². The highest BCUT2D eigenvalue weighted by Gasteiger charge is 2.33. The Morgan fingerprint density at radius 3 is 2.77 bits per heavy atom. The molecular formula is C20H18N4O2. The third kappa shape index (κ3) is 2.90. The van der Waals surface area contributed by atoms with Gasteiger partial charge in [0.05, 0.1) is 11.1 Å². The number of amides is 2. The summed E-state index contributed by atoms with van der Waals surface area (Å²) in [6.45, 7) is 2.60. The maximum atomic E-state index is 12.7. The first-order valence-electron chi connectivity index (χ1n) is 8.51. The standard InChI is InChI=1S/C20H18N4O2/c1-13-2-4-14(5-3-13)24-11-8-18(20(24)26)23-19(25)15-6-10-22-17-7-9-21-12-16(15)17/h2-7,9-10,12,18H,8,11H2,1H3,(H,23,25)/t18-/m0/s1. The Bertz CT molecular complexity index is 979. The molecule has 1 atom stereocenters. The van der Waals surface area contributed by atoms with Crippen molar-refractivity contribution in [1.82, 2.24) is 15.3 Å². The monoisotopic (exact) mass is 346 g/mol. The van der Waals surface area contributed by atoms with Gasteiger partial charge in [0.15, 0.2) is 0 Å². The molecule has 130 valence electrons. The topological polar surface area (TPSA) is 75.2 Å². The summed E-state index contributed by atoms with van der Waals surface area (Å²) in [6.07, 6.45) is 5.43. The van der Waals surface area contributed by atoms with Crippen LogP contribution in [-0.2, 0) is 4.79 Å². The smallest absolute Gasteiger partial charge is 0.252 e. The maximum Gasteiger partial charge on any atom is 0.252 e. The fourth-order valence-electron chi connectivity index (χ4n) is 3.22. The lowest BCUT2D eigenvalue weighted by atomic mass is 10.1. The number of pyridine rings is 2. The van der Waals surface area contributed by atoms with Crippen molar-refractivity contribution < 1.29 is 9.59 Å². The molecule has 6 nitrogen and oxygen atoms in total. The fourth-order valence-corrected chi connectivity index (χ4v) is 3.22. The van der Waals surface area contributed by atoms with Crippen molar-refractivity contribution in [3.63, 3.8) is 0 Å². The number of benzene rings is 1. The van der Waals surface area contributed by atoms with Gasteiger partial charge < -0.3 is 10.2 Å². The number of carbonyl (C=O) groups excluding carboxylic acids is 2. The first-order chi connectivity index (χ1) is 12.6. The lowest BCUT2D eigenvalue weighted by Crippen LogP contribution is -2.41. The second-order valence-corrected chi connectivity index (χ2v) is 6.39. The van der Waals surface area contributed by atoms with Crippen LogP contribution in [0.4, 0.5) is 5.69 Å². The van der Waals surface area contributed by atoms with Crippen molar-refractivity contribution in [1.29, 1.82) is 0 Å². The van der Waals surface area contributed by atoms with Gasteiger partial charge in [0.2, 0.25) is 5.91 Å². The number of rotatable bonds is 3. The summed E-state index contributed by atoms with van der Waals surface area (Å²) in [7, 11) is 0. The quantitative estimate of drug-likeness (QED) is 0.790. The third-order valence-corrected chi connectivity index (χ3v) is 4.64. The summed E-state index contributed by atoms with van der Waals surface area (Å²) >= 11 is 0. The van der Waals surface area contributed by atoms with Gasteiger partial charge in [-0.3, -0.25) is 19.6 Å². The van der Waals surface area contributed by atoms with E-state index in [1.807, 2.05) is 31.2 Å². The Kier molecular flexibility index (Phi) is 4.08. The predicted octanol–water partition coefficient (Wildman–Crippen LogP) is 2.47. The minimum atomic E-state index is -0.524. The SMILES string of the molecule is Cc1ccc(N2CC[C@H](NC(=O)c3ccnc4ccncc34)C2=O)cc1. The Morgan fingerprint density at radius 1 is 1.15 bits per heavy atom. The molecule has 0 saturated carbocycles. The van der Waals surface area contributed by atoms with Crippen LogP contribution >= 0.6 is 0 Å². The van der Waals surface area contributed by atoms with Gasteiger partial charge in [0.1, 0.15) is 6.04 Å². The van der Waals surface area contributed by atoms with Gasteiger partial charge in [-0.2, -0.15) is 0 Å². The van der Waals surface area contributed by atoms with E-state index >= 15 is 0 Å². The van der Waals surface area contributed by atoms with Crippen molar-refractivity contribution in [3.05, 3.63) is 66.1 Å². The number of nitrogens with one attached hydrogen (secondary N) is 1. The molecule has 26 heavy (non-hydrogen) atoms. The molecule has 3 aromatic rings. The van der Waals surface area contributed by atoms with Crippen LogP contribution < -0.4 is 10.2 Å². The molecule has 2 aromatic heterocycles. The first kappa shape index (κ1) is 16.2. The van der Waals surface area contributed by atoms with E-state index < -0.39 is 6.04 Å². The molecule has 1 fully saturated rings. The lowest BCUT2D eigenvalue weighted by Gasteiger charge is -2.17. The molecular weight excluding hydrogens is 328 g/mol. The van der Waals surface area contributed by atoms with E-state index in [-0.39, 0.29) is 11.8 Å². The largest absolute Gasteiger partial charge is 0.340 e. The van der Waals surface area contributed by atoms with Gasteiger partial charge in [-0.05, 0) is 37.6 Å². The number of aromatic nitrogens is 2. The first-order valence-corrected chi connectivity index (χ1v) is 8.51. The van der Waals surface area contributed by atoms with Crippen molar-refractivity contribution >= 4 is 28.4 Å². The summed E-state index contributed by atoms with van der Waals surface area (Å²) in [5, 5.41) is 3.54. The van der Waals surface area contributed by atoms with Gasteiger partial charge in [0.25, 0.3) is 5.91 Å². The van der Waals surface area contributed by atoms with Crippen LogP contribution in [0.1, 0.15) is 22.3 Å². The molecule has 0 aliphatic carbocycles. The average molecular weight is 346 g/mol. The van der Waals surface area contributed by atoms with E-state index in [4.69, 9.17) is 0 Å². The highest BCUT2D eigenvalue weighted by atomic mass is 16.2. The molecule has 0 radical (unpaired) electrons. The Hall–Kier alpha value is -3.28. The highest BCUT2D eigenvalue weighted by Crippen LogP contribution is 2.23. The summed E-state index contributed by atoms with van der Waals surface area (Å²) in [6, 6.07) is 10.7. The van der Waals surface area contributed by atoms with Gasteiger partial charge in [-0.1, -0.05) is 17.7 Å². The second-order valence-electron chi connectivity index (χ2n) is 6.39. The van der Waals surface area contributed by atoms with Gasteiger partial charge in [0, 0.05) is 36.2 Å². The molecule has 4 rings (SSSR count). The van der Waals surface area contributed by atoms with Crippen LogP contribution in [0.2, 0.25) is 0 Å². The van der Waals surface area contributed by atoms with E-state index in [1.165, 1.54) is 0 Å². The molecule has 6 heteroatoms. The van der Waals surface area contributed by atoms with E-state index in [2.05, 4.69) is 15.3 Å². The molecule has 3 heterocycles. The number of aryl methyl sites for hydroxylation is 1. The summed E-state index contributed by atoms with van der Waals surface area (Å²) in [5.41, 5.74) is 3.18. The van der Waals surface area contributed by atoms with Gasteiger partial charge in [-0.25, -0.2) is 0 Å². The minimum Gasteiger partial charge on any atom is -0.340 e. The van der Waals surface area contributed by atoms with E-state index in [9.17, 15) is 9.59 Å². The number of hydrogen-bond donors (Lipinski definition) is 1. The fraction of sp³-hybridized carbons (Fsp3) is 0.200. The number of nitrogens with zero attached hydrogens (tertiary/aromatic N) is 3. The average Bonchev–Trinajstić information content (AvgIpc) is 3.02. The molecule has 1 aliphatic heterocycles. The van der Waals surface area contributed by atoms with Crippen LogP contribution in [0.15, 0.2) is 55.0 Å². The minimum absolute atomic E-state index is 0.0845. The zero-order valence-electron chi connectivity index (χ0n) is 14.3. The third-order valence-electron chi connectivity index (χ3n) is 4.64. The van der Waals surface area contributed by atoms with E-state index in [1.54, 1.807) is 35.6 Å². The second kappa shape index (κ2) is 6.55. The summed E-state index contributed by atoms with van der Waals surface area (Å²) in [5.74, 6) is -0.367. The predicted molar refractivity (Wildman–Crippen MR) is 98.9 cm³/mol. The molecule has 1 N–H and O–H groups in total. The summed E-state index contributed by atoms with van der Waals surface area (Å²) < 4.78 is 0. The normalized spacial score (nSPS) is 16.9. The van der Waals surface area contributed by atoms with Gasteiger partial charge >= 0.3 is 0 Å². The molecule has 1 saturated heterocycles. The Balaban J connectivity index is 1.53. The van der Waals surface area contributed by atoms with E-state index in [0.29, 0.717) is 29.4 Å². The molecule has 0 unspecified atom stereocenters. The summed E-state index contributed by atoms with van der Waals surface area (Å²) in [4.78, 5) is 35.4. The Morgan fingerprint density at radius 2 is 1.96 bits per heavy atom. The van der Waals surface area contributed by atoms with Crippen molar-refractivity contribution in [2.75, 3.05) is 11.4 Å². The number of anilines is 1. The molecule has 0 spiro atoms. The molecule has 0 bridgehead atoms. The maximum absolute atomic E-state index is 12.7. The number of fused-ring (bicyclic) bond motifs is 1. The molecule has 2 amide bonds. The van der Waals surface area contributed by atoms with Gasteiger partial charge in [-0.15, -0.1) is 0 Å². The van der Waals surface area contributed by atoms with E-state index in [0.717, 1.165) is 11.3 Å². The number of hydrogen-bond acceptors (Lipinski definition) is 4. The van der Waals surface area contributed by atoms with Crippen molar-refractivity contribution in [2.45, 2.75) is 19.4 Å². The molecule has 1 aromatic carbocycles. The van der Waals surface area contributed by atoms with Crippen molar-refractivity contribution in [3.8, 4) is 0 Å². The van der Waals surface area contributed by atoms with Crippen LogP contribution in [0.3, 0.4) is 0 Å². The van der Waals surface area contributed by atoms with Crippen LogP contribution in [0.5, 0.6) is 0 Å².